The Hall–Kier alpha value is -0.120. The summed E-state index contributed by atoms with van der Waals surface area (Å²) in [6.07, 6.45) is 0. The summed E-state index contributed by atoms with van der Waals surface area (Å²) < 4.78 is 5.22. The summed E-state index contributed by atoms with van der Waals surface area (Å²) in [5.41, 5.74) is 6.00. The zero-order valence-corrected chi connectivity index (χ0v) is 11.2. The second kappa shape index (κ2) is 6.46. The third-order valence-corrected chi connectivity index (χ3v) is 3.59. The van der Waals surface area contributed by atoms with E-state index in [1.54, 1.807) is 7.11 Å². The number of ether oxygens (including phenoxy) is 1. The van der Waals surface area contributed by atoms with Crippen molar-refractivity contribution < 1.29 is 4.74 Å². The van der Waals surface area contributed by atoms with Crippen LogP contribution in [-0.2, 0) is 4.74 Å². The van der Waals surface area contributed by atoms with Crippen LogP contribution in [0, 0.1) is 5.92 Å². The lowest BCUT2D eigenvalue weighted by atomic mass is 9.85. The summed E-state index contributed by atoms with van der Waals surface area (Å²) in [6.45, 7) is 13.5. The van der Waals surface area contributed by atoms with Gasteiger partial charge in [-0.3, -0.25) is 4.90 Å². The van der Waals surface area contributed by atoms with E-state index in [9.17, 15) is 0 Å². The number of nitrogens with zero attached hydrogens (tertiary/aromatic N) is 1. The van der Waals surface area contributed by atoms with Crippen molar-refractivity contribution in [2.24, 2.45) is 11.7 Å². The molecule has 2 N–H and O–H groups in total. The predicted molar refractivity (Wildman–Crippen MR) is 66.0 cm³/mol. The molecule has 2 unspecified atom stereocenters. The van der Waals surface area contributed by atoms with Crippen molar-refractivity contribution in [3.63, 3.8) is 0 Å². The van der Waals surface area contributed by atoms with E-state index >= 15 is 0 Å². The first kappa shape index (κ1) is 14.9. The van der Waals surface area contributed by atoms with Crippen LogP contribution in [0.3, 0.4) is 0 Å². The second-order valence-electron chi connectivity index (χ2n) is 4.81. The average molecular weight is 216 g/mol. The Morgan fingerprint density at radius 3 is 2.13 bits per heavy atom. The van der Waals surface area contributed by atoms with E-state index in [-0.39, 0.29) is 5.54 Å². The van der Waals surface area contributed by atoms with E-state index in [1.165, 1.54) is 0 Å². The lowest BCUT2D eigenvalue weighted by Crippen LogP contribution is -2.59. The van der Waals surface area contributed by atoms with E-state index in [1.807, 2.05) is 0 Å². The van der Waals surface area contributed by atoms with Crippen molar-refractivity contribution in [3.05, 3.63) is 0 Å². The molecular weight excluding hydrogens is 188 g/mol. The molecule has 3 nitrogen and oxygen atoms in total. The van der Waals surface area contributed by atoms with Crippen LogP contribution in [0.2, 0.25) is 0 Å². The molecule has 0 bridgehead atoms. The molecule has 0 aromatic carbocycles. The van der Waals surface area contributed by atoms with E-state index in [2.05, 4.69) is 39.5 Å². The van der Waals surface area contributed by atoms with E-state index in [0.717, 1.165) is 13.2 Å². The maximum Gasteiger partial charge on any atom is 0.0615 e. The van der Waals surface area contributed by atoms with Crippen molar-refractivity contribution in [2.45, 2.75) is 46.2 Å². The Morgan fingerprint density at radius 1 is 1.33 bits per heavy atom. The molecule has 0 spiro atoms. The van der Waals surface area contributed by atoms with Crippen LogP contribution < -0.4 is 5.73 Å². The van der Waals surface area contributed by atoms with Gasteiger partial charge in [0, 0.05) is 25.2 Å². The molecule has 0 aromatic rings. The summed E-state index contributed by atoms with van der Waals surface area (Å²) in [5, 5.41) is 0. The third-order valence-electron chi connectivity index (χ3n) is 3.59. The van der Waals surface area contributed by atoms with E-state index < -0.39 is 0 Å². The highest BCUT2D eigenvalue weighted by Gasteiger charge is 2.35. The lowest BCUT2D eigenvalue weighted by Gasteiger charge is -2.46. The fourth-order valence-corrected chi connectivity index (χ4v) is 2.19. The smallest absolute Gasteiger partial charge is 0.0615 e. The monoisotopic (exact) mass is 216 g/mol. The second-order valence-corrected chi connectivity index (χ2v) is 4.81. The minimum atomic E-state index is 0.0622. The van der Waals surface area contributed by atoms with Crippen molar-refractivity contribution >= 4 is 0 Å². The van der Waals surface area contributed by atoms with Crippen LogP contribution in [0.25, 0.3) is 0 Å². The van der Waals surface area contributed by atoms with E-state index in [0.29, 0.717) is 18.5 Å². The summed E-state index contributed by atoms with van der Waals surface area (Å²) in [4.78, 5) is 2.45. The van der Waals surface area contributed by atoms with Crippen LogP contribution >= 0.6 is 0 Å². The number of methoxy groups -OCH3 is 1. The van der Waals surface area contributed by atoms with Gasteiger partial charge in [0.1, 0.15) is 0 Å². The topological polar surface area (TPSA) is 38.5 Å². The molecule has 0 amide bonds. The molecule has 0 saturated heterocycles. The first-order chi connectivity index (χ1) is 6.93. The molecule has 0 fully saturated rings. The van der Waals surface area contributed by atoms with Crippen molar-refractivity contribution in [1.82, 2.24) is 4.90 Å². The van der Waals surface area contributed by atoms with E-state index in [4.69, 9.17) is 10.5 Å². The van der Waals surface area contributed by atoms with Crippen molar-refractivity contribution in [3.8, 4) is 0 Å². The SMILES string of the molecule is CCN(C(C)COC)C(C)(CN)C(C)C. The zero-order chi connectivity index (χ0) is 12.1. The Kier molecular flexibility index (Phi) is 6.41. The molecule has 15 heavy (non-hydrogen) atoms. The van der Waals surface area contributed by atoms with Gasteiger partial charge in [-0.1, -0.05) is 20.8 Å². The molecule has 2 atom stereocenters. The van der Waals surface area contributed by atoms with Crippen molar-refractivity contribution in [2.75, 3.05) is 26.8 Å². The van der Waals surface area contributed by atoms with Gasteiger partial charge in [0.25, 0.3) is 0 Å². The standard InChI is InChI=1S/C12H28N2O/c1-7-14(11(4)8-15-6)12(5,9-13)10(2)3/h10-11H,7-9,13H2,1-6H3. The van der Waals surface area contributed by atoms with Gasteiger partial charge in [-0.15, -0.1) is 0 Å². The number of nitrogens with two attached hydrogens (primary N) is 1. The van der Waals surface area contributed by atoms with Crippen LogP contribution in [0.1, 0.15) is 34.6 Å². The molecule has 0 aromatic heterocycles. The van der Waals surface area contributed by atoms with Gasteiger partial charge in [-0.05, 0) is 26.3 Å². The van der Waals surface area contributed by atoms with Gasteiger partial charge in [-0.25, -0.2) is 0 Å². The highest BCUT2D eigenvalue weighted by atomic mass is 16.5. The van der Waals surface area contributed by atoms with Gasteiger partial charge in [0.05, 0.1) is 6.61 Å². The quantitative estimate of drug-likeness (QED) is 0.704. The minimum absolute atomic E-state index is 0.0622. The number of hydrogen-bond donors (Lipinski definition) is 1. The third kappa shape index (κ3) is 3.44. The molecule has 0 heterocycles. The largest absolute Gasteiger partial charge is 0.383 e. The Labute approximate surface area is 95.0 Å². The molecule has 0 aliphatic rings. The first-order valence-electron chi connectivity index (χ1n) is 5.89. The highest BCUT2D eigenvalue weighted by Crippen LogP contribution is 2.25. The van der Waals surface area contributed by atoms with Crippen LogP contribution in [0.4, 0.5) is 0 Å². The highest BCUT2D eigenvalue weighted by molar-refractivity contribution is 4.92. The fourth-order valence-electron chi connectivity index (χ4n) is 2.19. The average Bonchev–Trinajstić information content (AvgIpc) is 2.18. The zero-order valence-electron chi connectivity index (χ0n) is 11.2. The number of hydrogen-bond acceptors (Lipinski definition) is 3. The molecule has 0 saturated carbocycles. The summed E-state index contributed by atoms with van der Waals surface area (Å²) in [5.74, 6) is 0.543. The molecule has 0 aliphatic carbocycles. The van der Waals surface area contributed by atoms with Gasteiger partial charge < -0.3 is 10.5 Å². The maximum absolute atomic E-state index is 5.94. The van der Waals surface area contributed by atoms with Crippen molar-refractivity contribution in [1.29, 1.82) is 0 Å². The number of likely N-dealkylation sites (N-methyl/N-ethyl adjacent to an activating group) is 1. The fraction of sp³-hybridized carbons (Fsp3) is 1.00. The normalized spacial score (nSPS) is 18.2. The maximum atomic E-state index is 5.94. The molecule has 3 heteroatoms. The van der Waals surface area contributed by atoms with Crippen LogP contribution in [0.15, 0.2) is 0 Å². The van der Waals surface area contributed by atoms with Gasteiger partial charge >= 0.3 is 0 Å². The van der Waals surface area contributed by atoms with Gasteiger partial charge in [0.2, 0.25) is 0 Å². The summed E-state index contributed by atoms with van der Waals surface area (Å²) in [6, 6.07) is 0.413. The first-order valence-corrected chi connectivity index (χ1v) is 5.89. The van der Waals surface area contributed by atoms with Crippen LogP contribution in [0.5, 0.6) is 0 Å². The molecular formula is C12H28N2O. The number of rotatable bonds is 7. The van der Waals surface area contributed by atoms with Gasteiger partial charge in [0.15, 0.2) is 0 Å². The predicted octanol–water partition coefficient (Wildman–Crippen LogP) is 1.72. The molecule has 92 valence electrons. The van der Waals surface area contributed by atoms with Crippen LogP contribution in [-0.4, -0.2) is 43.3 Å². The minimum Gasteiger partial charge on any atom is -0.383 e. The molecule has 0 radical (unpaired) electrons. The Balaban J connectivity index is 4.74. The molecule has 0 aliphatic heterocycles. The summed E-state index contributed by atoms with van der Waals surface area (Å²) in [7, 11) is 1.75. The lowest BCUT2D eigenvalue weighted by molar-refractivity contribution is 0.00471. The molecule has 0 rings (SSSR count). The summed E-state index contributed by atoms with van der Waals surface area (Å²) >= 11 is 0. The Bertz CT molecular complexity index is 173. The van der Waals surface area contributed by atoms with Gasteiger partial charge in [-0.2, -0.15) is 0 Å². The Morgan fingerprint density at radius 2 is 1.87 bits per heavy atom.